The molecular formula is C26H32N2O6. The van der Waals surface area contributed by atoms with E-state index >= 15 is 0 Å². The van der Waals surface area contributed by atoms with Crippen LogP contribution < -0.4 is 0 Å². The Balaban J connectivity index is 1.32. The van der Waals surface area contributed by atoms with E-state index in [1.165, 1.54) is 37.7 Å². The number of ether oxygens (including phenoxy) is 1. The van der Waals surface area contributed by atoms with Crippen LogP contribution in [0.25, 0.3) is 0 Å². The van der Waals surface area contributed by atoms with Gasteiger partial charge in [-0.15, -0.1) is 0 Å². The van der Waals surface area contributed by atoms with E-state index in [1.807, 2.05) is 0 Å². The van der Waals surface area contributed by atoms with Crippen LogP contribution in [0.5, 0.6) is 0 Å². The van der Waals surface area contributed by atoms with Crippen molar-refractivity contribution in [3.8, 4) is 0 Å². The van der Waals surface area contributed by atoms with E-state index in [2.05, 4.69) is 19.9 Å². The molecule has 0 radical (unpaired) electrons. The fourth-order valence-electron chi connectivity index (χ4n) is 7.86. The molecule has 5 rings (SSSR count). The second-order valence-electron chi connectivity index (χ2n) is 11.4. The fraction of sp³-hybridized carbons (Fsp3) is 0.654. The van der Waals surface area contributed by atoms with Gasteiger partial charge in [-0.2, -0.15) is 0 Å². The molecule has 0 N–H and O–H groups in total. The van der Waals surface area contributed by atoms with Crippen LogP contribution in [-0.2, 0) is 4.74 Å². The van der Waals surface area contributed by atoms with Gasteiger partial charge in [0.1, 0.15) is 6.10 Å². The molecule has 0 amide bonds. The lowest BCUT2D eigenvalue weighted by molar-refractivity contribution is -0.394. The molecule has 0 saturated heterocycles. The quantitative estimate of drug-likeness (QED) is 0.219. The summed E-state index contributed by atoms with van der Waals surface area (Å²) in [5.74, 6) is 1.51. The Bertz CT molecular complexity index is 1050. The zero-order chi connectivity index (χ0) is 24.3. The monoisotopic (exact) mass is 468 g/mol. The van der Waals surface area contributed by atoms with Gasteiger partial charge >= 0.3 is 5.97 Å². The molecule has 6 atom stereocenters. The Morgan fingerprint density at radius 2 is 1.68 bits per heavy atom. The van der Waals surface area contributed by atoms with Gasteiger partial charge in [-0.05, 0) is 73.5 Å². The number of hydrogen-bond donors (Lipinski definition) is 0. The van der Waals surface area contributed by atoms with Crippen molar-refractivity contribution in [1.82, 2.24) is 0 Å². The van der Waals surface area contributed by atoms with E-state index in [0.717, 1.165) is 49.3 Å². The molecule has 0 bridgehead atoms. The number of hydrogen-bond acceptors (Lipinski definition) is 6. The molecule has 1 aromatic rings. The average molecular weight is 469 g/mol. The van der Waals surface area contributed by atoms with Crippen LogP contribution in [0.4, 0.5) is 11.4 Å². The van der Waals surface area contributed by atoms with Crippen molar-refractivity contribution < 1.29 is 19.4 Å². The zero-order valence-corrected chi connectivity index (χ0v) is 19.8. The Morgan fingerprint density at radius 3 is 2.35 bits per heavy atom. The molecular weight excluding hydrogens is 436 g/mol. The minimum atomic E-state index is -0.742. The van der Waals surface area contributed by atoms with E-state index in [4.69, 9.17) is 4.74 Å². The lowest BCUT2D eigenvalue weighted by atomic mass is 9.48. The third-order valence-corrected chi connectivity index (χ3v) is 9.67. The maximum Gasteiger partial charge on any atom is 0.338 e. The first kappa shape index (κ1) is 23.0. The van der Waals surface area contributed by atoms with E-state index in [1.54, 1.807) is 0 Å². The van der Waals surface area contributed by atoms with Gasteiger partial charge in [0.2, 0.25) is 0 Å². The molecule has 1 aromatic carbocycles. The topological polar surface area (TPSA) is 113 Å². The van der Waals surface area contributed by atoms with Gasteiger partial charge in [0.25, 0.3) is 11.4 Å². The van der Waals surface area contributed by atoms with Crippen molar-refractivity contribution in [3.63, 3.8) is 0 Å². The summed E-state index contributed by atoms with van der Waals surface area (Å²) in [4.78, 5) is 33.7. The van der Waals surface area contributed by atoms with E-state index in [0.29, 0.717) is 17.8 Å². The van der Waals surface area contributed by atoms with Crippen LogP contribution in [0.3, 0.4) is 0 Å². The minimum absolute atomic E-state index is 0.139. The lowest BCUT2D eigenvalue weighted by Gasteiger charge is -2.57. The summed E-state index contributed by atoms with van der Waals surface area (Å²) in [6.45, 7) is 4.90. The number of nitrogens with zero attached hydrogens (tertiary/aromatic N) is 2. The molecule has 0 heterocycles. The first-order valence-corrected chi connectivity index (χ1v) is 12.4. The van der Waals surface area contributed by atoms with Crippen molar-refractivity contribution in [2.45, 2.75) is 77.7 Å². The third kappa shape index (κ3) is 3.71. The van der Waals surface area contributed by atoms with Crippen molar-refractivity contribution in [3.05, 3.63) is 55.6 Å². The second kappa shape index (κ2) is 8.17. The van der Waals surface area contributed by atoms with Crippen molar-refractivity contribution in [2.24, 2.45) is 28.6 Å². The third-order valence-electron chi connectivity index (χ3n) is 9.67. The Kier molecular flexibility index (Phi) is 5.52. The Morgan fingerprint density at radius 1 is 0.971 bits per heavy atom. The number of carbonyl (C=O) groups excluding carboxylic acids is 1. The highest BCUT2D eigenvalue weighted by Gasteiger charge is 2.56. The average Bonchev–Trinajstić information content (AvgIpc) is 3.20. The number of non-ortho nitro benzene ring substituents is 2. The highest BCUT2D eigenvalue weighted by atomic mass is 16.6. The molecule has 4 aliphatic rings. The molecule has 3 saturated carbocycles. The van der Waals surface area contributed by atoms with Gasteiger partial charge in [0, 0.05) is 18.6 Å². The highest BCUT2D eigenvalue weighted by Crippen LogP contribution is 2.64. The SMILES string of the molecule is C[C@@]12CCC[C@@H]1[C@H]1CC=C3C[C@H](OC(=O)c4cc([N+](=O)[O-])cc([N+](=O)[O-])c4)CC[C@]3(C)[C@@H]1CC2. The number of rotatable bonds is 4. The normalized spacial score (nSPS) is 36.5. The number of nitro groups is 2. The van der Waals surface area contributed by atoms with Gasteiger partial charge in [-0.1, -0.05) is 31.9 Å². The van der Waals surface area contributed by atoms with Crippen LogP contribution in [0.1, 0.15) is 82.0 Å². The summed E-state index contributed by atoms with van der Waals surface area (Å²) in [6, 6.07) is 2.95. The summed E-state index contributed by atoms with van der Waals surface area (Å²) >= 11 is 0. The van der Waals surface area contributed by atoms with E-state index in [-0.39, 0.29) is 17.1 Å². The predicted octanol–water partition coefficient (Wildman–Crippen LogP) is 6.38. The van der Waals surface area contributed by atoms with Gasteiger partial charge in [-0.3, -0.25) is 20.2 Å². The summed E-state index contributed by atoms with van der Waals surface area (Å²) in [5.41, 5.74) is 0.893. The number of fused-ring (bicyclic) bond motifs is 5. The van der Waals surface area contributed by atoms with Gasteiger partial charge in [-0.25, -0.2) is 4.79 Å². The maximum absolute atomic E-state index is 12.8. The van der Waals surface area contributed by atoms with Gasteiger partial charge in [0.05, 0.1) is 21.5 Å². The number of esters is 1. The van der Waals surface area contributed by atoms with Gasteiger partial charge in [0.15, 0.2) is 0 Å². The van der Waals surface area contributed by atoms with Crippen LogP contribution in [0, 0.1) is 48.8 Å². The Labute approximate surface area is 199 Å². The molecule has 182 valence electrons. The van der Waals surface area contributed by atoms with Crippen molar-refractivity contribution >= 4 is 17.3 Å². The highest BCUT2D eigenvalue weighted by molar-refractivity contribution is 5.91. The lowest BCUT2D eigenvalue weighted by Crippen LogP contribution is -2.49. The number of allylic oxidation sites excluding steroid dienone is 1. The predicted molar refractivity (Wildman–Crippen MR) is 125 cm³/mol. The number of carbonyl (C=O) groups is 1. The smallest absolute Gasteiger partial charge is 0.338 e. The molecule has 8 heteroatoms. The van der Waals surface area contributed by atoms with Crippen LogP contribution >= 0.6 is 0 Å². The minimum Gasteiger partial charge on any atom is -0.458 e. The van der Waals surface area contributed by atoms with Crippen LogP contribution in [-0.4, -0.2) is 21.9 Å². The second-order valence-corrected chi connectivity index (χ2v) is 11.4. The largest absolute Gasteiger partial charge is 0.458 e. The summed E-state index contributed by atoms with van der Waals surface area (Å²) in [6.07, 6.45) is 12.2. The fourth-order valence-corrected chi connectivity index (χ4v) is 7.86. The first-order valence-electron chi connectivity index (χ1n) is 12.4. The molecule has 0 aromatic heterocycles. The molecule has 0 spiro atoms. The molecule has 0 unspecified atom stereocenters. The number of nitro benzene ring substituents is 2. The zero-order valence-electron chi connectivity index (χ0n) is 19.8. The summed E-state index contributed by atoms with van der Waals surface area (Å²) in [5, 5.41) is 22.3. The van der Waals surface area contributed by atoms with Crippen LogP contribution in [0.2, 0.25) is 0 Å². The van der Waals surface area contributed by atoms with E-state index in [9.17, 15) is 25.0 Å². The maximum atomic E-state index is 12.8. The first-order chi connectivity index (χ1) is 16.1. The van der Waals surface area contributed by atoms with Crippen LogP contribution in [0.15, 0.2) is 29.8 Å². The molecule has 8 nitrogen and oxygen atoms in total. The van der Waals surface area contributed by atoms with E-state index < -0.39 is 27.2 Å². The molecule has 0 aliphatic heterocycles. The van der Waals surface area contributed by atoms with Crippen molar-refractivity contribution in [2.75, 3.05) is 0 Å². The molecule has 4 aliphatic carbocycles. The number of benzene rings is 1. The van der Waals surface area contributed by atoms with Crippen molar-refractivity contribution in [1.29, 1.82) is 0 Å². The standard InChI is InChI=1S/C26H32N2O6/c1-25-9-3-4-22(25)21-6-5-17-14-20(7-11-26(17,2)23(21)8-10-25)34-24(29)16-12-18(27(30)31)15-19(13-16)28(32)33/h5,12-13,15,20-23H,3-4,6-11,14H2,1-2H3/t20-,21-,22-,23-,25+,26+/m1/s1. The molecule has 34 heavy (non-hydrogen) atoms. The molecule has 3 fully saturated rings. The summed E-state index contributed by atoms with van der Waals surface area (Å²) in [7, 11) is 0. The van der Waals surface area contributed by atoms with Gasteiger partial charge < -0.3 is 4.74 Å². The summed E-state index contributed by atoms with van der Waals surface area (Å²) < 4.78 is 5.74. The Hall–Kier alpha value is -2.77.